The van der Waals surface area contributed by atoms with E-state index < -0.39 is 0 Å². The Labute approximate surface area is 123 Å². The topological polar surface area (TPSA) is 13.6 Å². The van der Waals surface area contributed by atoms with Crippen LogP contribution in [0.1, 0.15) is 0 Å². The highest BCUT2D eigenvalue weighted by atomic mass is 16.5. The molecule has 0 N–H and O–H groups in total. The molecular weight excluding hydrogens is 258 g/mol. The first kappa shape index (κ1) is 12.0. The highest BCUT2D eigenvalue weighted by molar-refractivity contribution is 5.94. The lowest BCUT2D eigenvalue weighted by Gasteiger charge is -2.12. The molecule has 0 saturated heterocycles. The number of methoxy groups -OCH3 is 1. The van der Waals surface area contributed by atoms with Crippen LogP contribution in [0.3, 0.4) is 0 Å². The van der Waals surface area contributed by atoms with Crippen LogP contribution < -0.4 is 4.74 Å². The molecule has 4 rings (SSSR count). The predicted octanol–water partition coefficient (Wildman–Crippen LogP) is 4.77. The van der Waals surface area contributed by atoms with E-state index in [4.69, 9.17) is 4.74 Å². The van der Waals surface area contributed by atoms with E-state index in [9.17, 15) is 0 Å². The predicted molar refractivity (Wildman–Crippen MR) is 86.9 cm³/mol. The van der Waals surface area contributed by atoms with Gasteiger partial charge in [-0.25, -0.2) is 0 Å². The van der Waals surface area contributed by atoms with Crippen LogP contribution in [0.15, 0.2) is 72.9 Å². The molecule has 2 aromatic carbocycles. The van der Waals surface area contributed by atoms with E-state index in [1.165, 1.54) is 22.0 Å². The number of hydrogen-bond donors (Lipinski definition) is 0. The molecule has 2 heterocycles. The summed E-state index contributed by atoms with van der Waals surface area (Å²) in [5.74, 6) is 0.899. The number of aromatic nitrogens is 1. The number of nitrogens with zero attached hydrogens (tertiary/aromatic N) is 1. The van der Waals surface area contributed by atoms with Gasteiger partial charge in [0.15, 0.2) is 0 Å². The van der Waals surface area contributed by atoms with E-state index in [0.29, 0.717) is 0 Å². The Morgan fingerprint density at radius 2 is 1.52 bits per heavy atom. The first-order valence-corrected chi connectivity index (χ1v) is 7.01. The van der Waals surface area contributed by atoms with E-state index in [1.54, 1.807) is 7.11 Å². The van der Waals surface area contributed by atoms with Crippen LogP contribution in [-0.2, 0) is 0 Å². The Morgan fingerprint density at radius 3 is 2.43 bits per heavy atom. The van der Waals surface area contributed by atoms with Gasteiger partial charge in [0.1, 0.15) is 5.75 Å². The summed E-state index contributed by atoms with van der Waals surface area (Å²) < 4.78 is 7.76. The third-order valence-corrected chi connectivity index (χ3v) is 3.92. The van der Waals surface area contributed by atoms with Gasteiger partial charge in [0.25, 0.3) is 0 Å². The zero-order valence-electron chi connectivity index (χ0n) is 11.8. The smallest absolute Gasteiger partial charge is 0.126 e. The van der Waals surface area contributed by atoms with E-state index in [1.807, 2.05) is 18.2 Å². The van der Waals surface area contributed by atoms with E-state index in [0.717, 1.165) is 11.3 Å². The molecule has 0 spiro atoms. The lowest BCUT2D eigenvalue weighted by molar-refractivity contribution is 0.416. The van der Waals surface area contributed by atoms with Gasteiger partial charge in [0.2, 0.25) is 0 Å². The molecule has 0 amide bonds. The molecule has 4 aromatic rings. The molecule has 0 saturated carbocycles. The Balaban J connectivity index is 2.14. The van der Waals surface area contributed by atoms with Gasteiger partial charge in [-0.05, 0) is 35.7 Å². The minimum Gasteiger partial charge on any atom is -0.496 e. The lowest BCUT2D eigenvalue weighted by atomic mass is 10.0. The molecule has 0 aliphatic rings. The van der Waals surface area contributed by atoms with E-state index in [2.05, 4.69) is 59.1 Å². The molecule has 2 heteroatoms. The second kappa shape index (κ2) is 4.67. The van der Waals surface area contributed by atoms with Gasteiger partial charge in [0, 0.05) is 17.3 Å². The molecular formula is C19H15NO. The van der Waals surface area contributed by atoms with Crippen LogP contribution >= 0.6 is 0 Å². The standard InChI is InChI=1S/C19H15NO/c1-21-19-11-5-3-8-15(19)16-13-14-7-2-4-9-17(14)20-12-6-10-18(16)20/h2-13H,1H3. The van der Waals surface area contributed by atoms with Gasteiger partial charge in [-0.1, -0.05) is 36.4 Å². The van der Waals surface area contributed by atoms with Crippen molar-refractivity contribution in [2.75, 3.05) is 7.11 Å². The first-order valence-electron chi connectivity index (χ1n) is 7.01. The average molecular weight is 273 g/mol. The van der Waals surface area contributed by atoms with Crippen LogP contribution in [0.5, 0.6) is 5.75 Å². The minimum absolute atomic E-state index is 0.899. The van der Waals surface area contributed by atoms with Crippen molar-refractivity contribution in [1.82, 2.24) is 4.40 Å². The summed E-state index contributed by atoms with van der Waals surface area (Å²) >= 11 is 0. The molecule has 2 aromatic heterocycles. The molecule has 21 heavy (non-hydrogen) atoms. The van der Waals surface area contributed by atoms with Gasteiger partial charge in [0.05, 0.1) is 18.1 Å². The zero-order valence-corrected chi connectivity index (χ0v) is 11.8. The summed E-state index contributed by atoms with van der Waals surface area (Å²) in [5, 5.41) is 1.22. The van der Waals surface area contributed by atoms with Crippen molar-refractivity contribution in [2.24, 2.45) is 0 Å². The molecule has 0 fully saturated rings. The second-order valence-corrected chi connectivity index (χ2v) is 5.08. The van der Waals surface area contributed by atoms with Crippen LogP contribution in [0.25, 0.3) is 27.5 Å². The van der Waals surface area contributed by atoms with Crippen molar-refractivity contribution in [1.29, 1.82) is 0 Å². The molecule has 102 valence electrons. The fourth-order valence-corrected chi connectivity index (χ4v) is 2.95. The number of fused-ring (bicyclic) bond motifs is 3. The zero-order chi connectivity index (χ0) is 14.2. The Bertz CT molecular complexity index is 937. The van der Waals surface area contributed by atoms with Crippen LogP contribution in [-0.4, -0.2) is 11.5 Å². The number of rotatable bonds is 2. The van der Waals surface area contributed by atoms with Crippen molar-refractivity contribution in [3.63, 3.8) is 0 Å². The lowest BCUT2D eigenvalue weighted by Crippen LogP contribution is -1.92. The van der Waals surface area contributed by atoms with E-state index >= 15 is 0 Å². The van der Waals surface area contributed by atoms with Crippen molar-refractivity contribution >= 4 is 16.4 Å². The summed E-state index contributed by atoms with van der Waals surface area (Å²) in [7, 11) is 1.72. The molecule has 0 aliphatic heterocycles. The van der Waals surface area contributed by atoms with Crippen LogP contribution in [0, 0.1) is 0 Å². The van der Waals surface area contributed by atoms with Crippen LogP contribution in [0.2, 0.25) is 0 Å². The third-order valence-electron chi connectivity index (χ3n) is 3.92. The number of ether oxygens (including phenoxy) is 1. The maximum Gasteiger partial charge on any atom is 0.126 e. The summed E-state index contributed by atoms with van der Waals surface area (Å²) in [6.45, 7) is 0. The normalized spacial score (nSPS) is 11.1. The SMILES string of the molecule is COc1ccccc1-c1cc2ccccc2n2cccc12. The summed E-state index contributed by atoms with van der Waals surface area (Å²) in [5.41, 5.74) is 4.72. The summed E-state index contributed by atoms with van der Waals surface area (Å²) in [4.78, 5) is 0. The fourth-order valence-electron chi connectivity index (χ4n) is 2.95. The molecule has 0 bridgehead atoms. The molecule has 0 atom stereocenters. The Kier molecular flexibility index (Phi) is 2.68. The monoisotopic (exact) mass is 273 g/mol. The third kappa shape index (κ3) is 1.80. The van der Waals surface area contributed by atoms with Gasteiger partial charge in [-0.3, -0.25) is 0 Å². The van der Waals surface area contributed by atoms with Gasteiger partial charge < -0.3 is 9.14 Å². The fraction of sp³-hybridized carbons (Fsp3) is 0.0526. The first-order chi connectivity index (χ1) is 10.4. The van der Waals surface area contributed by atoms with Gasteiger partial charge >= 0.3 is 0 Å². The molecule has 0 aliphatic carbocycles. The van der Waals surface area contributed by atoms with Crippen molar-refractivity contribution < 1.29 is 4.74 Å². The second-order valence-electron chi connectivity index (χ2n) is 5.08. The van der Waals surface area contributed by atoms with Gasteiger partial charge in [-0.15, -0.1) is 0 Å². The number of benzene rings is 2. The number of pyridine rings is 1. The van der Waals surface area contributed by atoms with Crippen LogP contribution in [0.4, 0.5) is 0 Å². The van der Waals surface area contributed by atoms with E-state index in [-0.39, 0.29) is 0 Å². The molecule has 0 unspecified atom stereocenters. The largest absolute Gasteiger partial charge is 0.496 e. The Morgan fingerprint density at radius 1 is 0.762 bits per heavy atom. The van der Waals surface area contributed by atoms with Crippen molar-refractivity contribution in [3.8, 4) is 16.9 Å². The average Bonchev–Trinajstić information content (AvgIpc) is 3.04. The minimum atomic E-state index is 0.899. The molecule has 2 nitrogen and oxygen atoms in total. The van der Waals surface area contributed by atoms with Crippen molar-refractivity contribution in [2.45, 2.75) is 0 Å². The Hall–Kier alpha value is -2.74. The van der Waals surface area contributed by atoms with Crippen molar-refractivity contribution in [3.05, 3.63) is 72.9 Å². The number of hydrogen-bond acceptors (Lipinski definition) is 1. The number of para-hydroxylation sites is 2. The summed E-state index contributed by atoms with van der Waals surface area (Å²) in [6.07, 6.45) is 2.11. The summed E-state index contributed by atoms with van der Waals surface area (Å²) in [6, 6.07) is 23.1. The highest BCUT2D eigenvalue weighted by Crippen LogP contribution is 2.35. The van der Waals surface area contributed by atoms with Gasteiger partial charge in [-0.2, -0.15) is 0 Å². The maximum atomic E-state index is 5.53. The maximum absolute atomic E-state index is 5.53. The highest BCUT2D eigenvalue weighted by Gasteiger charge is 2.11. The molecule has 0 radical (unpaired) electrons. The quantitative estimate of drug-likeness (QED) is 0.513.